The SMILES string of the molecule is CN=C(NCCOc1cccc2c1OC(C)(C)C2)NC(C)(C)C. The number of fused-ring (bicyclic) bond motifs is 1. The molecule has 0 amide bonds. The van der Waals surface area contributed by atoms with Crippen molar-refractivity contribution in [3.05, 3.63) is 23.8 Å². The van der Waals surface area contributed by atoms with Gasteiger partial charge in [0.25, 0.3) is 0 Å². The molecule has 128 valence electrons. The van der Waals surface area contributed by atoms with E-state index in [9.17, 15) is 0 Å². The van der Waals surface area contributed by atoms with E-state index in [1.807, 2.05) is 12.1 Å². The molecule has 0 saturated heterocycles. The summed E-state index contributed by atoms with van der Waals surface area (Å²) in [6.07, 6.45) is 0.917. The third-order valence-corrected chi connectivity index (χ3v) is 3.42. The van der Waals surface area contributed by atoms with Crippen LogP contribution in [0.4, 0.5) is 0 Å². The molecule has 5 heteroatoms. The molecule has 1 heterocycles. The Morgan fingerprint density at radius 2 is 2.09 bits per heavy atom. The largest absolute Gasteiger partial charge is 0.488 e. The van der Waals surface area contributed by atoms with Gasteiger partial charge >= 0.3 is 0 Å². The number of para-hydroxylation sites is 1. The second-order valence-electron chi connectivity index (χ2n) is 7.51. The normalized spacial score (nSPS) is 16.5. The summed E-state index contributed by atoms with van der Waals surface area (Å²) in [5, 5.41) is 6.57. The average molecular weight is 319 g/mol. The Bertz CT molecular complexity index is 574. The van der Waals surface area contributed by atoms with Gasteiger partial charge in [0.15, 0.2) is 17.5 Å². The Labute approximate surface area is 139 Å². The van der Waals surface area contributed by atoms with Crippen LogP contribution in [0.2, 0.25) is 0 Å². The highest BCUT2D eigenvalue weighted by Gasteiger charge is 2.32. The lowest BCUT2D eigenvalue weighted by molar-refractivity contribution is 0.132. The minimum Gasteiger partial charge on any atom is -0.488 e. The van der Waals surface area contributed by atoms with Crippen LogP contribution in [0, 0.1) is 0 Å². The summed E-state index contributed by atoms with van der Waals surface area (Å²) in [6.45, 7) is 11.7. The standard InChI is InChI=1S/C18H29N3O2/c1-17(2,3)21-16(19-6)20-10-11-22-14-9-7-8-13-12-18(4,5)23-15(13)14/h7-9H,10-12H2,1-6H3,(H2,19,20,21). The van der Waals surface area contributed by atoms with Crippen LogP contribution >= 0.6 is 0 Å². The first-order valence-corrected chi connectivity index (χ1v) is 8.13. The summed E-state index contributed by atoms with van der Waals surface area (Å²) in [6, 6.07) is 6.08. The summed E-state index contributed by atoms with van der Waals surface area (Å²) < 4.78 is 11.9. The van der Waals surface area contributed by atoms with Crippen molar-refractivity contribution in [2.75, 3.05) is 20.2 Å². The fraction of sp³-hybridized carbons (Fsp3) is 0.611. The molecule has 1 aliphatic heterocycles. The molecule has 0 saturated carbocycles. The number of hydrogen-bond donors (Lipinski definition) is 2. The lowest BCUT2D eigenvalue weighted by atomic mass is 10.0. The lowest BCUT2D eigenvalue weighted by Crippen LogP contribution is -2.48. The van der Waals surface area contributed by atoms with Gasteiger partial charge in [-0.15, -0.1) is 0 Å². The van der Waals surface area contributed by atoms with Gasteiger partial charge in [0.05, 0.1) is 6.54 Å². The molecule has 0 atom stereocenters. The van der Waals surface area contributed by atoms with Crippen molar-refractivity contribution in [1.82, 2.24) is 10.6 Å². The monoisotopic (exact) mass is 319 g/mol. The molecule has 0 aromatic heterocycles. The first-order chi connectivity index (χ1) is 10.7. The van der Waals surface area contributed by atoms with Crippen molar-refractivity contribution in [2.45, 2.75) is 52.2 Å². The van der Waals surface area contributed by atoms with E-state index in [-0.39, 0.29) is 11.1 Å². The van der Waals surface area contributed by atoms with Crippen LogP contribution in [0.3, 0.4) is 0 Å². The zero-order chi connectivity index (χ0) is 17.1. The third kappa shape index (κ3) is 5.05. The molecule has 0 aliphatic carbocycles. The van der Waals surface area contributed by atoms with Crippen LogP contribution in [-0.2, 0) is 6.42 Å². The van der Waals surface area contributed by atoms with Gasteiger partial charge in [0.2, 0.25) is 0 Å². The second-order valence-corrected chi connectivity index (χ2v) is 7.51. The molecular formula is C18H29N3O2. The Kier molecular flexibility index (Phi) is 5.07. The molecule has 23 heavy (non-hydrogen) atoms. The Morgan fingerprint density at radius 3 is 2.74 bits per heavy atom. The zero-order valence-electron chi connectivity index (χ0n) is 15.1. The molecule has 0 bridgehead atoms. The van der Waals surface area contributed by atoms with Gasteiger partial charge < -0.3 is 20.1 Å². The number of benzene rings is 1. The van der Waals surface area contributed by atoms with Gasteiger partial charge in [-0.25, -0.2) is 0 Å². The number of nitrogens with zero attached hydrogens (tertiary/aromatic N) is 1. The van der Waals surface area contributed by atoms with Gasteiger partial charge in [-0.05, 0) is 40.7 Å². The third-order valence-electron chi connectivity index (χ3n) is 3.42. The maximum atomic E-state index is 6.01. The van der Waals surface area contributed by atoms with Gasteiger partial charge in [0, 0.05) is 24.6 Å². The number of rotatable bonds is 4. The van der Waals surface area contributed by atoms with E-state index in [4.69, 9.17) is 9.47 Å². The molecule has 2 rings (SSSR count). The molecule has 0 radical (unpaired) electrons. The minimum atomic E-state index is -0.154. The predicted octanol–water partition coefficient (Wildman–Crippen LogP) is 2.74. The first kappa shape index (κ1) is 17.4. The fourth-order valence-electron chi connectivity index (χ4n) is 2.57. The van der Waals surface area contributed by atoms with E-state index >= 15 is 0 Å². The number of nitrogens with one attached hydrogen (secondary N) is 2. The smallest absolute Gasteiger partial charge is 0.191 e. The molecule has 0 fully saturated rings. The van der Waals surface area contributed by atoms with Gasteiger partial charge in [0.1, 0.15) is 12.2 Å². The first-order valence-electron chi connectivity index (χ1n) is 8.13. The molecule has 0 unspecified atom stereocenters. The van der Waals surface area contributed by atoms with Crippen molar-refractivity contribution in [2.24, 2.45) is 4.99 Å². The highest BCUT2D eigenvalue weighted by Crippen LogP contribution is 2.41. The van der Waals surface area contributed by atoms with Crippen molar-refractivity contribution in [1.29, 1.82) is 0 Å². The van der Waals surface area contributed by atoms with Crippen LogP contribution in [0.1, 0.15) is 40.2 Å². The maximum Gasteiger partial charge on any atom is 0.191 e. The van der Waals surface area contributed by atoms with Gasteiger partial charge in [-0.1, -0.05) is 12.1 Å². The van der Waals surface area contributed by atoms with Crippen LogP contribution in [0.25, 0.3) is 0 Å². The van der Waals surface area contributed by atoms with E-state index in [1.54, 1.807) is 7.05 Å². The number of aliphatic imine (C=N–C) groups is 1. The summed E-state index contributed by atoms with van der Waals surface area (Å²) in [4.78, 5) is 4.21. The quantitative estimate of drug-likeness (QED) is 0.509. The second kappa shape index (κ2) is 6.69. The van der Waals surface area contributed by atoms with Crippen LogP contribution < -0.4 is 20.1 Å². The molecule has 1 aromatic rings. The van der Waals surface area contributed by atoms with Gasteiger partial charge in [-0.2, -0.15) is 0 Å². The molecular weight excluding hydrogens is 290 g/mol. The minimum absolute atomic E-state index is 0.0254. The maximum absolute atomic E-state index is 6.01. The van der Waals surface area contributed by atoms with E-state index in [1.165, 1.54) is 5.56 Å². The molecule has 0 spiro atoms. The van der Waals surface area contributed by atoms with Gasteiger partial charge in [-0.3, -0.25) is 4.99 Å². The number of hydrogen-bond acceptors (Lipinski definition) is 3. The lowest BCUT2D eigenvalue weighted by Gasteiger charge is -2.23. The topological polar surface area (TPSA) is 54.9 Å². The van der Waals surface area contributed by atoms with Crippen LogP contribution in [0.15, 0.2) is 23.2 Å². The van der Waals surface area contributed by atoms with E-state index in [0.29, 0.717) is 13.2 Å². The van der Waals surface area contributed by atoms with E-state index in [2.05, 4.69) is 56.3 Å². The fourth-order valence-corrected chi connectivity index (χ4v) is 2.57. The van der Waals surface area contributed by atoms with Crippen molar-refractivity contribution >= 4 is 5.96 Å². The Morgan fingerprint density at radius 1 is 1.35 bits per heavy atom. The Hall–Kier alpha value is -1.91. The molecule has 1 aliphatic rings. The highest BCUT2D eigenvalue weighted by molar-refractivity contribution is 5.80. The van der Waals surface area contributed by atoms with Crippen LogP contribution in [-0.4, -0.2) is 37.3 Å². The van der Waals surface area contributed by atoms with Crippen molar-refractivity contribution < 1.29 is 9.47 Å². The molecule has 1 aromatic carbocycles. The van der Waals surface area contributed by atoms with Crippen molar-refractivity contribution in [3.8, 4) is 11.5 Å². The average Bonchev–Trinajstić information content (AvgIpc) is 2.75. The summed E-state index contributed by atoms with van der Waals surface area (Å²) >= 11 is 0. The van der Waals surface area contributed by atoms with Crippen molar-refractivity contribution in [3.63, 3.8) is 0 Å². The molecule has 5 nitrogen and oxygen atoms in total. The van der Waals surface area contributed by atoms with E-state index < -0.39 is 0 Å². The van der Waals surface area contributed by atoms with E-state index in [0.717, 1.165) is 23.9 Å². The number of ether oxygens (including phenoxy) is 2. The summed E-state index contributed by atoms with van der Waals surface area (Å²) in [7, 11) is 1.77. The van der Waals surface area contributed by atoms with Crippen LogP contribution in [0.5, 0.6) is 11.5 Å². The highest BCUT2D eigenvalue weighted by atomic mass is 16.5. The summed E-state index contributed by atoms with van der Waals surface area (Å²) in [5.74, 6) is 2.47. The summed E-state index contributed by atoms with van der Waals surface area (Å²) in [5.41, 5.74) is 1.03. The predicted molar refractivity (Wildman–Crippen MR) is 94.6 cm³/mol. The molecule has 2 N–H and O–H groups in total. The zero-order valence-corrected chi connectivity index (χ0v) is 15.1. The Balaban J connectivity index is 1.86. The number of guanidine groups is 1.